The van der Waals surface area contributed by atoms with Crippen molar-refractivity contribution in [3.05, 3.63) is 48.0 Å². The van der Waals surface area contributed by atoms with E-state index in [-0.39, 0.29) is 11.7 Å². The molecule has 2 heterocycles. The molecular weight excluding hydrogens is 368 g/mol. The Balaban J connectivity index is 1.62. The van der Waals surface area contributed by atoms with Crippen LogP contribution < -0.4 is 19.7 Å². The highest BCUT2D eigenvalue weighted by Gasteiger charge is 2.36. The predicted molar refractivity (Wildman–Crippen MR) is 112 cm³/mol. The first kappa shape index (κ1) is 19.3. The van der Waals surface area contributed by atoms with Gasteiger partial charge < -0.3 is 19.7 Å². The van der Waals surface area contributed by atoms with Gasteiger partial charge in [0.15, 0.2) is 11.5 Å². The fourth-order valence-corrected chi connectivity index (χ4v) is 4.06. The Morgan fingerprint density at radius 1 is 1.14 bits per heavy atom. The van der Waals surface area contributed by atoms with Crippen LogP contribution in [-0.4, -0.2) is 37.0 Å². The van der Waals surface area contributed by atoms with E-state index >= 15 is 0 Å². The Labute approximate surface area is 170 Å². The Hall–Kier alpha value is -3.02. The SMILES string of the molecule is COc1ccccc1N1CCCC(Nc2cccc3c2OC(C)(C)CC3=O)C1=O. The first-order chi connectivity index (χ1) is 13.9. The number of methoxy groups -OCH3 is 1. The van der Waals surface area contributed by atoms with Gasteiger partial charge in [-0.05, 0) is 51.0 Å². The normalized spacial score (nSPS) is 20.7. The minimum atomic E-state index is -0.568. The summed E-state index contributed by atoms with van der Waals surface area (Å²) in [6.07, 6.45) is 1.92. The average Bonchev–Trinajstić information content (AvgIpc) is 2.69. The van der Waals surface area contributed by atoms with Crippen molar-refractivity contribution in [2.45, 2.75) is 44.8 Å². The molecule has 2 aromatic carbocycles. The molecule has 0 aliphatic carbocycles. The van der Waals surface area contributed by atoms with Gasteiger partial charge in [-0.25, -0.2) is 0 Å². The van der Waals surface area contributed by atoms with Gasteiger partial charge >= 0.3 is 0 Å². The number of Topliss-reactive ketones (excluding diaryl/α,β-unsaturated/α-hetero) is 1. The highest BCUT2D eigenvalue weighted by molar-refractivity contribution is 6.03. The van der Waals surface area contributed by atoms with Gasteiger partial charge in [0.25, 0.3) is 0 Å². The topological polar surface area (TPSA) is 67.9 Å². The van der Waals surface area contributed by atoms with Crippen LogP contribution in [0.25, 0.3) is 0 Å². The number of anilines is 2. The number of piperidine rings is 1. The van der Waals surface area contributed by atoms with E-state index in [1.54, 1.807) is 18.1 Å². The number of rotatable bonds is 4. The van der Waals surface area contributed by atoms with Crippen molar-refractivity contribution >= 4 is 23.1 Å². The van der Waals surface area contributed by atoms with Crippen LogP contribution in [0, 0.1) is 0 Å². The summed E-state index contributed by atoms with van der Waals surface area (Å²) in [7, 11) is 1.61. The third-order valence-corrected chi connectivity index (χ3v) is 5.42. The molecule has 6 heteroatoms. The van der Waals surface area contributed by atoms with Crippen LogP contribution in [0.2, 0.25) is 0 Å². The average molecular weight is 394 g/mol. The zero-order valence-corrected chi connectivity index (χ0v) is 17.0. The Kier molecular flexibility index (Phi) is 4.94. The van der Waals surface area contributed by atoms with Crippen molar-refractivity contribution in [2.24, 2.45) is 0 Å². The van der Waals surface area contributed by atoms with E-state index in [4.69, 9.17) is 9.47 Å². The minimum Gasteiger partial charge on any atom is -0.495 e. The van der Waals surface area contributed by atoms with E-state index in [1.165, 1.54) is 0 Å². The molecule has 2 aromatic rings. The summed E-state index contributed by atoms with van der Waals surface area (Å²) in [6.45, 7) is 4.45. The summed E-state index contributed by atoms with van der Waals surface area (Å²) < 4.78 is 11.6. The predicted octanol–water partition coefficient (Wildman–Crippen LogP) is 4.05. The lowest BCUT2D eigenvalue weighted by atomic mass is 9.92. The van der Waals surface area contributed by atoms with Crippen LogP contribution in [0.4, 0.5) is 11.4 Å². The van der Waals surface area contributed by atoms with Crippen molar-refractivity contribution < 1.29 is 19.1 Å². The summed E-state index contributed by atoms with van der Waals surface area (Å²) in [6, 6.07) is 12.6. The summed E-state index contributed by atoms with van der Waals surface area (Å²) >= 11 is 0. The number of para-hydroxylation sites is 3. The van der Waals surface area contributed by atoms with Crippen LogP contribution in [-0.2, 0) is 4.79 Å². The molecule has 0 aromatic heterocycles. The maximum Gasteiger partial charge on any atom is 0.249 e. The third kappa shape index (κ3) is 3.67. The van der Waals surface area contributed by atoms with Crippen molar-refractivity contribution in [1.82, 2.24) is 0 Å². The molecule has 2 aliphatic rings. The van der Waals surface area contributed by atoms with E-state index in [0.717, 1.165) is 12.1 Å². The second-order valence-corrected chi connectivity index (χ2v) is 8.14. The molecule has 4 rings (SSSR count). The van der Waals surface area contributed by atoms with Crippen molar-refractivity contribution in [1.29, 1.82) is 0 Å². The largest absolute Gasteiger partial charge is 0.495 e. The fraction of sp³-hybridized carbons (Fsp3) is 0.391. The Bertz CT molecular complexity index is 954. The number of nitrogens with one attached hydrogen (secondary N) is 1. The number of fused-ring (bicyclic) bond motifs is 1. The Morgan fingerprint density at radius 3 is 2.72 bits per heavy atom. The molecular formula is C23H26N2O4. The lowest BCUT2D eigenvalue weighted by Gasteiger charge is -2.36. The number of amides is 1. The number of ketones is 1. The fourth-order valence-electron chi connectivity index (χ4n) is 4.06. The van der Waals surface area contributed by atoms with Crippen molar-refractivity contribution in [3.63, 3.8) is 0 Å². The minimum absolute atomic E-state index is 0.0141. The van der Waals surface area contributed by atoms with Gasteiger partial charge in [-0.15, -0.1) is 0 Å². The second-order valence-electron chi connectivity index (χ2n) is 8.14. The molecule has 2 aliphatic heterocycles. The zero-order valence-electron chi connectivity index (χ0n) is 17.0. The summed E-state index contributed by atoms with van der Waals surface area (Å²) in [5, 5.41) is 3.35. The molecule has 6 nitrogen and oxygen atoms in total. The monoisotopic (exact) mass is 394 g/mol. The molecule has 0 saturated carbocycles. The molecule has 0 spiro atoms. The number of carbonyl (C=O) groups excluding carboxylic acids is 2. The lowest BCUT2D eigenvalue weighted by Crippen LogP contribution is -2.48. The molecule has 1 N–H and O–H groups in total. The van der Waals surface area contributed by atoms with Crippen molar-refractivity contribution in [2.75, 3.05) is 23.9 Å². The van der Waals surface area contributed by atoms with Crippen LogP contribution in [0.15, 0.2) is 42.5 Å². The molecule has 1 unspecified atom stereocenters. The van der Waals surface area contributed by atoms with E-state index in [9.17, 15) is 9.59 Å². The number of benzene rings is 2. The van der Waals surface area contributed by atoms with Crippen LogP contribution in [0.5, 0.6) is 11.5 Å². The lowest BCUT2D eigenvalue weighted by molar-refractivity contribution is -0.120. The van der Waals surface area contributed by atoms with E-state index < -0.39 is 11.6 Å². The smallest absolute Gasteiger partial charge is 0.249 e. The van der Waals surface area contributed by atoms with Gasteiger partial charge in [0, 0.05) is 6.54 Å². The first-order valence-corrected chi connectivity index (χ1v) is 9.96. The Morgan fingerprint density at radius 2 is 1.93 bits per heavy atom. The highest BCUT2D eigenvalue weighted by atomic mass is 16.5. The first-order valence-electron chi connectivity index (χ1n) is 9.96. The van der Waals surface area contributed by atoms with Crippen LogP contribution in [0.1, 0.15) is 43.5 Å². The molecule has 1 fully saturated rings. The second kappa shape index (κ2) is 7.43. The molecule has 1 saturated heterocycles. The zero-order chi connectivity index (χ0) is 20.6. The number of ether oxygens (including phenoxy) is 2. The molecule has 0 bridgehead atoms. The van der Waals surface area contributed by atoms with Crippen molar-refractivity contribution in [3.8, 4) is 11.5 Å². The van der Waals surface area contributed by atoms with Crippen LogP contribution in [0.3, 0.4) is 0 Å². The quantitative estimate of drug-likeness (QED) is 0.847. The highest BCUT2D eigenvalue weighted by Crippen LogP contribution is 2.39. The molecule has 0 radical (unpaired) electrons. The van der Waals surface area contributed by atoms with E-state index in [0.29, 0.717) is 42.1 Å². The summed E-state index contributed by atoms with van der Waals surface area (Å²) in [5.74, 6) is 1.26. The van der Waals surface area contributed by atoms with E-state index in [2.05, 4.69) is 5.32 Å². The maximum atomic E-state index is 13.3. The number of carbonyl (C=O) groups is 2. The molecule has 152 valence electrons. The molecule has 29 heavy (non-hydrogen) atoms. The number of nitrogens with zero attached hydrogens (tertiary/aromatic N) is 1. The van der Waals surface area contributed by atoms with Gasteiger partial charge in [0.05, 0.1) is 30.5 Å². The number of hydrogen-bond acceptors (Lipinski definition) is 5. The molecule has 1 atom stereocenters. The van der Waals surface area contributed by atoms with Crippen LogP contribution >= 0.6 is 0 Å². The summed E-state index contributed by atoms with van der Waals surface area (Å²) in [4.78, 5) is 27.5. The van der Waals surface area contributed by atoms with Gasteiger partial charge in [0.1, 0.15) is 17.4 Å². The van der Waals surface area contributed by atoms with Gasteiger partial charge in [-0.2, -0.15) is 0 Å². The standard InChI is InChI=1S/C23H26N2O4/c1-23(2)14-19(26)15-8-6-9-16(21(15)29-23)24-17-10-7-13-25(22(17)27)18-11-4-5-12-20(18)28-3/h4-6,8-9,11-12,17,24H,7,10,13-14H2,1-3H3. The number of hydrogen-bond donors (Lipinski definition) is 1. The maximum absolute atomic E-state index is 13.3. The van der Waals surface area contributed by atoms with E-state index in [1.807, 2.05) is 50.2 Å². The molecule has 1 amide bonds. The summed E-state index contributed by atoms with van der Waals surface area (Å²) in [5.41, 5.74) is 1.46. The van der Waals surface area contributed by atoms with Gasteiger partial charge in [0.2, 0.25) is 5.91 Å². The van der Waals surface area contributed by atoms with Gasteiger partial charge in [-0.1, -0.05) is 18.2 Å². The van der Waals surface area contributed by atoms with Gasteiger partial charge in [-0.3, -0.25) is 9.59 Å². The third-order valence-electron chi connectivity index (χ3n) is 5.42.